The lowest BCUT2D eigenvalue weighted by Crippen LogP contribution is -2.43. The SMILES string of the molecule is Nc1cc(C(F)(F)F)c(-c2nc(N3CCOCC3)nc3c2CC2COCCN32)cn1. The van der Waals surface area contributed by atoms with Crippen LogP contribution in [-0.4, -0.2) is 67.1 Å². The smallest absolute Gasteiger partial charge is 0.384 e. The lowest BCUT2D eigenvalue weighted by Gasteiger charge is -2.32. The van der Waals surface area contributed by atoms with Gasteiger partial charge in [-0.15, -0.1) is 0 Å². The number of halogens is 3. The summed E-state index contributed by atoms with van der Waals surface area (Å²) in [6.45, 7) is 3.91. The van der Waals surface area contributed by atoms with Crippen molar-refractivity contribution in [3.8, 4) is 11.3 Å². The van der Waals surface area contributed by atoms with E-state index in [1.807, 2.05) is 4.90 Å². The van der Waals surface area contributed by atoms with E-state index in [9.17, 15) is 13.2 Å². The van der Waals surface area contributed by atoms with Crippen LogP contribution < -0.4 is 15.5 Å². The van der Waals surface area contributed by atoms with Gasteiger partial charge in [0.05, 0.1) is 43.7 Å². The number of pyridine rings is 1. The summed E-state index contributed by atoms with van der Waals surface area (Å²) in [7, 11) is 0. The first-order chi connectivity index (χ1) is 14.4. The Kier molecular flexibility index (Phi) is 4.66. The molecule has 0 radical (unpaired) electrons. The minimum atomic E-state index is -4.59. The molecule has 0 amide bonds. The number of morpholine rings is 2. The van der Waals surface area contributed by atoms with Crippen LogP contribution in [0.25, 0.3) is 11.3 Å². The van der Waals surface area contributed by atoms with Crippen LogP contribution >= 0.6 is 0 Å². The molecule has 2 N–H and O–H groups in total. The number of ether oxygens (including phenoxy) is 2. The van der Waals surface area contributed by atoms with Crippen molar-refractivity contribution in [2.75, 3.05) is 61.6 Å². The molecule has 2 aromatic rings. The second kappa shape index (κ2) is 7.24. The van der Waals surface area contributed by atoms with Gasteiger partial charge < -0.3 is 25.0 Å². The van der Waals surface area contributed by atoms with Crippen molar-refractivity contribution in [2.45, 2.75) is 18.6 Å². The maximum Gasteiger partial charge on any atom is 0.417 e. The van der Waals surface area contributed by atoms with Crippen molar-refractivity contribution in [1.29, 1.82) is 0 Å². The van der Waals surface area contributed by atoms with Gasteiger partial charge in [-0.25, -0.2) is 9.97 Å². The van der Waals surface area contributed by atoms with Crippen molar-refractivity contribution >= 4 is 17.6 Å². The molecule has 2 saturated heterocycles. The molecule has 1 atom stereocenters. The van der Waals surface area contributed by atoms with Gasteiger partial charge in [0.1, 0.15) is 11.6 Å². The Balaban J connectivity index is 1.70. The molecule has 0 bridgehead atoms. The van der Waals surface area contributed by atoms with E-state index >= 15 is 0 Å². The molecule has 3 aliphatic rings. The molecule has 8 nitrogen and oxygen atoms in total. The number of anilines is 3. The number of hydrogen-bond acceptors (Lipinski definition) is 8. The fraction of sp³-hybridized carbons (Fsp3) is 0.526. The molecule has 2 aromatic heterocycles. The largest absolute Gasteiger partial charge is 0.417 e. The van der Waals surface area contributed by atoms with Crippen molar-refractivity contribution in [1.82, 2.24) is 15.0 Å². The van der Waals surface area contributed by atoms with Gasteiger partial charge in [0.2, 0.25) is 5.95 Å². The summed E-state index contributed by atoms with van der Waals surface area (Å²) in [6.07, 6.45) is -2.90. The number of hydrogen-bond donors (Lipinski definition) is 1. The van der Waals surface area contributed by atoms with Crippen LogP contribution in [0.1, 0.15) is 11.1 Å². The number of aromatic nitrogens is 3. The molecule has 5 heterocycles. The second-order valence-corrected chi connectivity index (χ2v) is 7.55. The fourth-order valence-electron chi connectivity index (χ4n) is 4.25. The third kappa shape index (κ3) is 3.31. The molecule has 5 rings (SSSR count). The first kappa shape index (κ1) is 19.3. The molecule has 0 aromatic carbocycles. The normalized spacial score (nSPS) is 21.5. The number of nitrogen functional groups attached to an aromatic ring is 1. The third-order valence-corrected chi connectivity index (χ3v) is 5.69. The van der Waals surface area contributed by atoms with Crippen LogP contribution in [0.2, 0.25) is 0 Å². The molecule has 1 unspecified atom stereocenters. The zero-order valence-corrected chi connectivity index (χ0v) is 16.2. The number of rotatable bonds is 2. The van der Waals surface area contributed by atoms with Gasteiger partial charge in [0, 0.05) is 43.4 Å². The van der Waals surface area contributed by atoms with E-state index in [-0.39, 0.29) is 23.1 Å². The molecule has 3 aliphatic heterocycles. The quantitative estimate of drug-likeness (QED) is 0.783. The molecular formula is C19H21F3N6O2. The van der Waals surface area contributed by atoms with Crippen LogP contribution in [0.5, 0.6) is 0 Å². The van der Waals surface area contributed by atoms with Crippen LogP contribution in [0.15, 0.2) is 12.3 Å². The number of fused-ring (bicyclic) bond motifs is 3. The zero-order valence-electron chi connectivity index (χ0n) is 16.2. The first-order valence-corrected chi connectivity index (χ1v) is 9.83. The minimum Gasteiger partial charge on any atom is -0.384 e. The van der Waals surface area contributed by atoms with Crippen molar-refractivity contribution in [2.24, 2.45) is 0 Å². The Bertz CT molecular complexity index is 964. The summed E-state index contributed by atoms with van der Waals surface area (Å²) in [5, 5.41) is 0. The minimum absolute atomic E-state index is 0.0396. The van der Waals surface area contributed by atoms with Crippen LogP contribution in [0.3, 0.4) is 0 Å². The monoisotopic (exact) mass is 422 g/mol. The van der Waals surface area contributed by atoms with E-state index in [0.717, 1.165) is 12.3 Å². The van der Waals surface area contributed by atoms with Gasteiger partial charge in [-0.05, 0) is 6.07 Å². The average molecular weight is 422 g/mol. The Morgan fingerprint density at radius 2 is 1.83 bits per heavy atom. The summed E-state index contributed by atoms with van der Waals surface area (Å²) in [6, 6.07) is 0.904. The molecule has 11 heteroatoms. The maximum absolute atomic E-state index is 13.8. The summed E-state index contributed by atoms with van der Waals surface area (Å²) in [4.78, 5) is 17.4. The summed E-state index contributed by atoms with van der Waals surface area (Å²) < 4.78 is 52.5. The van der Waals surface area contributed by atoms with Gasteiger partial charge in [-0.1, -0.05) is 0 Å². The van der Waals surface area contributed by atoms with E-state index in [4.69, 9.17) is 20.2 Å². The van der Waals surface area contributed by atoms with Gasteiger partial charge in [-0.3, -0.25) is 0 Å². The molecule has 0 saturated carbocycles. The Morgan fingerprint density at radius 1 is 1.07 bits per heavy atom. The van der Waals surface area contributed by atoms with E-state index in [1.54, 1.807) is 0 Å². The van der Waals surface area contributed by atoms with Crippen molar-refractivity contribution in [3.63, 3.8) is 0 Å². The Morgan fingerprint density at radius 3 is 2.60 bits per heavy atom. The third-order valence-electron chi connectivity index (χ3n) is 5.69. The highest BCUT2D eigenvalue weighted by Crippen LogP contribution is 2.43. The van der Waals surface area contributed by atoms with Crippen LogP contribution in [0.4, 0.5) is 30.8 Å². The predicted octanol–water partition coefficient (Wildman–Crippen LogP) is 1.74. The Labute approximate surface area is 170 Å². The van der Waals surface area contributed by atoms with E-state index < -0.39 is 11.7 Å². The molecule has 0 spiro atoms. The van der Waals surface area contributed by atoms with Crippen molar-refractivity contribution < 1.29 is 22.6 Å². The Hall–Kier alpha value is -2.66. The van der Waals surface area contributed by atoms with Crippen LogP contribution in [-0.2, 0) is 22.1 Å². The van der Waals surface area contributed by atoms with Gasteiger partial charge in [-0.2, -0.15) is 18.2 Å². The summed E-state index contributed by atoms with van der Waals surface area (Å²) in [5.41, 5.74) is 5.60. The van der Waals surface area contributed by atoms with Crippen LogP contribution in [0, 0.1) is 0 Å². The predicted molar refractivity (Wildman–Crippen MR) is 103 cm³/mol. The lowest BCUT2D eigenvalue weighted by molar-refractivity contribution is -0.137. The van der Waals surface area contributed by atoms with E-state index in [0.29, 0.717) is 69.8 Å². The highest BCUT2D eigenvalue weighted by molar-refractivity contribution is 5.76. The highest BCUT2D eigenvalue weighted by Gasteiger charge is 2.40. The lowest BCUT2D eigenvalue weighted by atomic mass is 10.0. The molecule has 160 valence electrons. The van der Waals surface area contributed by atoms with Gasteiger partial charge in [0.25, 0.3) is 0 Å². The fourth-order valence-corrected chi connectivity index (χ4v) is 4.25. The summed E-state index contributed by atoms with van der Waals surface area (Å²) >= 11 is 0. The van der Waals surface area contributed by atoms with Gasteiger partial charge in [0.15, 0.2) is 0 Å². The standard InChI is InChI=1S/C19H21F3N6O2/c20-19(21,22)14-8-15(23)24-9-13(14)16-12-7-11-10-30-6-3-28(11)17(12)26-18(25-16)27-1-4-29-5-2-27/h8-9,11H,1-7,10H2,(H2,23,24). The topological polar surface area (TPSA) is 89.6 Å². The molecule has 30 heavy (non-hydrogen) atoms. The molecular weight excluding hydrogens is 401 g/mol. The van der Waals surface area contributed by atoms with E-state index in [2.05, 4.69) is 14.9 Å². The zero-order chi connectivity index (χ0) is 20.9. The van der Waals surface area contributed by atoms with Crippen molar-refractivity contribution in [3.05, 3.63) is 23.4 Å². The molecule has 2 fully saturated rings. The molecule has 0 aliphatic carbocycles. The highest BCUT2D eigenvalue weighted by atomic mass is 19.4. The first-order valence-electron chi connectivity index (χ1n) is 9.83. The second-order valence-electron chi connectivity index (χ2n) is 7.55. The number of nitrogens with zero attached hydrogens (tertiary/aromatic N) is 5. The summed E-state index contributed by atoms with van der Waals surface area (Å²) in [5.74, 6) is 0.903. The number of nitrogens with two attached hydrogens (primary N) is 1. The number of alkyl halides is 3. The van der Waals surface area contributed by atoms with E-state index in [1.165, 1.54) is 0 Å². The average Bonchev–Trinajstić information content (AvgIpc) is 3.12. The van der Waals surface area contributed by atoms with Gasteiger partial charge >= 0.3 is 6.18 Å². The maximum atomic E-state index is 13.8.